The Morgan fingerprint density at radius 3 is 2.90 bits per heavy atom. The van der Waals surface area contributed by atoms with Crippen LogP contribution in [0, 0.1) is 0 Å². The molecule has 20 heavy (non-hydrogen) atoms. The van der Waals surface area contributed by atoms with Gasteiger partial charge in [-0.3, -0.25) is 4.79 Å². The number of amides is 1. The lowest BCUT2D eigenvalue weighted by Gasteiger charge is -2.21. The molecule has 0 aromatic heterocycles. The van der Waals surface area contributed by atoms with Gasteiger partial charge in [0, 0.05) is 26.6 Å². The number of benzene rings is 1. The van der Waals surface area contributed by atoms with Crippen molar-refractivity contribution in [3.8, 4) is 17.2 Å². The average molecular weight is 280 g/mol. The van der Waals surface area contributed by atoms with Gasteiger partial charge in [-0.15, -0.1) is 0 Å². The molecule has 0 radical (unpaired) electrons. The van der Waals surface area contributed by atoms with E-state index in [4.69, 9.17) is 14.2 Å². The molecule has 6 heteroatoms. The molecule has 2 rings (SSSR count). The first kappa shape index (κ1) is 14.5. The molecule has 2 N–H and O–H groups in total. The Balaban J connectivity index is 1.96. The van der Waals surface area contributed by atoms with E-state index in [0.717, 1.165) is 5.56 Å². The summed E-state index contributed by atoms with van der Waals surface area (Å²) in [6, 6.07) is 3.85. The van der Waals surface area contributed by atoms with Gasteiger partial charge < -0.3 is 24.8 Å². The van der Waals surface area contributed by atoms with E-state index in [9.17, 15) is 4.79 Å². The second-order valence-corrected chi connectivity index (χ2v) is 4.42. The lowest BCUT2D eigenvalue weighted by Crippen LogP contribution is -2.24. The third-order valence-electron chi connectivity index (χ3n) is 3.02. The topological polar surface area (TPSA) is 68.8 Å². The first-order valence-corrected chi connectivity index (χ1v) is 6.62. The normalized spacial score (nSPS) is 12.9. The molecule has 0 bridgehead atoms. The molecule has 1 aromatic carbocycles. The Labute approximate surface area is 118 Å². The van der Waals surface area contributed by atoms with Gasteiger partial charge in [-0.2, -0.15) is 0 Å². The van der Waals surface area contributed by atoms with Crippen LogP contribution in [0.5, 0.6) is 17.2 Å². The number of hydrogen-bond donors (Lipinski definition) is 2. The third-order valence-corrected chi connectivity index (χ3v) is 3.02. The zero-order valence-corrected chi connectivity index (χ0v) is 11.8. The minimum Gasteiger partial charge on any atom is -0.493 e. The number of ether oxygens (including phenoxy) is 3. The van der Waals surface area contributed by atoms with Crippen molar-refractivity contribution >= 4 is 5.91 Å². The molecule has 6 nitrogen and oxygen atoms in total. The lowest BCUT2D eigenvalue weighted by atomic mass is 10.1. The highest BCUT2D eigenvalue weighted by atomic mass is 16.6. The molecule has 0 atom stereocenters. The van der Waals surface area contributed by atoms with Crippen LogP contribution in [-0.4, -0.2) is 39.8 Å². The monoisotopic (exact) mass is 280 g/mol. The predicted octanol–water partition coefficient (Wildman–Crippen LogP) is 0.692. The summed E-state index contributed by atoms with van der Waals surface area (Å²) in [6.07, 6.45) is 0.457. The van der Waals surface area contributed by atoms with Crippen molar-refractivity contribution in [1.29, 1.82) is 0 Å². The number of rotatable bonds is 6. The molecule has 110 valence electrons. The van der Waals surface area contributed by atoms with Crippen LogP contribution in [-0.2, 0) is 11.3 Å². The quantitative estimate of drug-likeness (QED) is 0.750. The maximum atomic E-state index is 11.1. The average Bonchev–Trinajstić information content (AvgIpc) is 2.50. The van der Waals surface area contributed by atoms with Crippen LogP contribution < -0.4 is 24.8 Å². The predicted molar refractivity (Wildman–Crippen MR) is 74.4 cm³/mol. The van der Waals surface area contributed by atoms with Crippen LogP contribution in [0.1, 0.15) is 12.0 Å². The van der Waals surface area contributed by atoms with Gasteiger partial charge in [-0.1, -0.05) is 0 Å². The molecule has 0 saturated heterocycles. The highest BCUT2D eigenvalue weighted by molar-refractivity contribution is 5.75. The first-order chi connectivity index (χ1) is 9.74. The smallest absolute Gasteiger partial charge is 0.221 e. The van der Waals surface area contributed by atoms with Crippen molar-refractivity contribution in [2.24, 2.45) is 0 Å². The molecule has 0 spiro atoms. The van der Waals surface area contributed by atoms with E-state index in [1.807, 2.05) is 12.1 Å². The molecule has 0 aliphatic carbocycles. The summed E-state index contributed by atoms with van der Waals surface area (Å²) in [7, 11) is 3.24. The zero-order chi connectivity index (χ0) is 14.4. The van der Waals surface area contributed by atoms with Gasteiger partial charge in [0.25, 0.3) is 0 Å². The molecular formula is C14H20N2O4. The summed E-state index contributed by atoms with van der Waals surface area (Å²) in [4.78, 5) is 11.1. The van der Waals surface area contributed by atoms with Gasteiger partial charge in [0.15, 0.2) is 11.5 Å². The number of nitrogens with one attached hydrogen (secondary N) is 2. The van der Waals surface area contributed by atoms with Crippen LogP contribution in [0.4, 0.5) is 0 Å². The highest BCUT2D eigenvalue weighted by Gasteiger charge is 2.18. The van der Waals surface area contributed by atoms with Gasteiger partial charge >= 0.3 is 0 Å². The Hall–Kier alpha value is -1.95. The Morgan fingerprint density at radius 2 is 2.15 bits per heavy atom. The van der Waals surface area contributed by atoms with E-state index >= 15 is 0 Å². The SMILES string of the molecule is CNC(=O)CCNCc1cc(OC)c2c(c1)OCCO2. The number of methoxy groups -OCH3 is 1. The van der Waals surface area contributed by atoms with Crippen molar-refractivity contribution < 1.29 is 19.0 Å². The van der Waals surface area contributed by atoms with E-state index in [1.54, 1.807) is 14.2 Å². The molecule has 1 amide bonds. The summed E-state index contributed by atoms with van der Waals surface area (Å²) in [6.45, 7) is 2.34. The molecule has 1 aromatic rings. The number of carbonyl (C=O) groups is 1. The zero-order valence-electron chi connectivity index (χ0n) is 11.8. The fourth-order valence-corrected chi connectivity index (χ4v) is 1.99. The van der Waals surface area contributed by atoms with Crippen molar-refractivity contribution in [2.75, 3.05) is 33.9 Å². The molecule has 0 saturated carbocycles. The van der Waals surface area contributed by atoms with Crippen molar-refractivity contribution in [3.05, 3.63) is 17.7 Å². The highest BCUT2D eigenvalue weighted by Crippen LogP contribution is 2.40. The van der Waals surface area contributed by atoms with Gasteiger partial charge in [0.05, 0.1) is 7.11 Å². The molecule has 1 aliphatic heterocycles. The minimum absolute atomic E-state index is 0.0252. The molecule has 0 unspecified atom stereocenters. The van der Waals surface area contributed by atoms with Gasteiger partial charge in [0.1, 0.15) is 13.2 Å². The number of carbonyl (C=O) groups excluding carboxylic acids is 1. The first-order valence-electron chi connectivity index (χ1n) is 6.62. The Bertz CT molecular complexity index is 459. The fourth-order valence-electron chi connectivity index (χ4n) is 1.99. The van der Waals surface area contributed by atoms with Crippen molar-refractivity contribution in [2.45, 2.75) is 13.0 Å². The molecule has 1 aliphatic rings. The van der Waals surface area contributed by atoms with E-state index in [-0.39, 0.29) is 5.91 Å². The van der Waals surface area contributed by atoms with Crippen LogP contribution in [0.25, 0.3) is 0 Å². The van der Waals surface area contributed by atoms with Crippen LogP contribution in [0.2, 0.25) is 0 Å². The largest absolute Gasteiger partial charge is 0.493 e. The standard InChI is InChI=1S/C14H20N2O4/c1-15-13(17)3-4-16-9-10-7-11(18-2)14-12(8-10)19-5-6-20-14/h7-8,16H,3-6,9H2,1-2H3,(H,15,17). The van der Waals surface area contributed by atoms with Crippen molar-refractivity contribution in [3.63, 3.8) is 0 Å². The minimum atomic E-state index is 0.0252. The summed E-state index contributed by atoms with van der Waals surface area (Å²) in [5.74, 6) is 2.06. The summed E-state index contributed by atoms with van der Waals surface area (Å²) in [5.41, 5.74) is 1.03. The van der Waals surface area contributed by atoms with Crippen molar-refractivity contribution in [1.82, 2.24) is 10.6 Å². The fraction of sp³-hybridized carbons (Fsp3) is 0.500. The molecule has 0 fully saturated rings. The van der Waals surface area contributed by atoms with Crippen LogP contribution in [0.3, 0.4) is 0 Å². The second-order valence-electron chi connectivity index (χ2n) is 4.42. The lowest BCUT2D eigenvalue weighted by molar-refractivity contribution is -0.120. The molecule has 1 heterocycles. The van der Waals surface area contributed by atoms with E-state index in [1.165, 1.54) is 0 Å². The Kier molecular flexibility index (Phi) is 5.06. The van der Waals surface area contributed by atoms with Gasteiger partial charge in [-0.05, 0) is 17.7 Å². The number of fused-ring (bicyclic) bond motifs is 1. The second kappa shape index (κ2) is 7.00. The van der Waals surface area contributed by atoms with E-state index in [2.05, 4.69) is 10.6 Å². The van der Waals surface area contributed by atoms with E-state index < -0.39 is 0 Å². The maximum absolute atomic E-state index is 11.1. The third kappa shape index (κ3) is 3.54. The summed E-state index contributed by atoms with van der Waals surface area (Å²) in [5, 5.41) is 5.80. The Morgan fingerprint density at radius 1 is 1.35 bits per heavy atom. The summed E-state index contributed by atoms with van der Waals surface area (Å²) < 4.78 is 16.4. The molecular weight excluding hydrogens is 260 g/mol. The van der Waals surface area contributed by atoms with Crippen LogP contribution >= 0.6 is 0 Å². The number of hydrogen-bond acceptors (Lipinski definition) is 5. The summed E-state index contributed by atoms with van der Waals surface area (Å²) >= 11 is 0. The van der Waals surface area contributed by atoms with Gasteiger partial charge in [0.2, 0.25) is 11.7 Å². The van der Waals surface area contributed by atoms with Crippen LogP contribution in [0.15, 0.2) is 12.1 Å². The maximum Gasteiger partial charge on any atom is 0.221 e. The van der Waals surface area contributed by atoms with E-state index in [0.29, 0.717) is 50.0 Å². The van der Waals surface area contributed by atoms with Gasteiger partial charge in [-0.25, -0.2) is 0 Å².